The van der Waals surface area contributed by atoms with E-state index < -0.39 is 0 Å². The summed E-state index contributed by atoms with van der Waals surface area (Å²) in [7, 11) is 1.62. The molecule has 2 heterocycles. The highest BCUT2D eigenvalue weighted by Crippen LogP contribution is 2.34. The van der Waals surface area contributed by atoms with Crippen LogP contribution >= 0.6 is 11.6 Å². The molecule has 1 fully saturated rings. The molecule has 33 heavy (non-hydrogen) atoms. The van der Waals surface area contributed by atoms with Gasteiger partial charge in [-0.05, 0) is 25.0 Å². The number of methoxy groups -OCH3 is 1. The summed E-state index contributed by atoms with van der Waals surface area (Å²) in [5, 5.41) is 23.8. The van der Waals surface area contributed by atoms with Gasteiger partial charge in [0, 0.05) is 19.7 Å². The number of halogens is 1. The van der Waals surface area contributed by atoms with E-state index in [1.54, 1.807) is 19.2 Å². The Hall–Kier alpha value is -3.64. The van der Waals surface area contributed by atoms with E-state index >= 15 is 0 Å². The zero-order valence-electron chi connectivity index (χ0n) is 17.9. The van der Waals surface area contributed by atoms with Crippen LogP contribution < -0.4 is 16.0 Å². The Morgan fingerprint density at radius 3 is 2.85 bits per heavy atom. The first kappa shape index (κ1) is 22.6. The number of rotatable bonds is 11. The van der Waals surface area contributed by atoms with Gasteiger partial charge >= 0.3 is 0 Å². The average Bonchev–Trinajstić information content (AvgIpc) is 3.54. The lowest BCUT2D eigenvalue weighted by atomic mass is 10.2. The third-order valence-corrected chi connectivity index (χ3v) is 5.23. The van der Waals surface area contributed by atoms with Gasteiger partial charge < -0.3 is 30.3 Å². The molecule has 11 nitrogen and oxygen atoms in total. The van der Waals surface area contributed by atoms with Gasteiger partial charge in [0.2, 0.25) is 0 Å². The van der Waals surface area contributed by atoms with Crippen LogP contribution in [0, 0.1) is 17.9 Å². The van der Waals surface area contributed by atoms with Crippen LogP contribution in [0.4, 0.5) is 29.0 Å². The standard InChI is InChI=1S/C21H22ClN9O2/c1-24-17-12-26-20-19(27-14-3-4-14)29-21(30-31(17)20)28-16-10-13(11-23)9-15(18(16)22)25-5-6-33-8-7-32-2/h9-10,12,14,25H,3-8H2,2H3,(H2,27,28,29,30). The van der Waals surface area contributed by atoms with Gasteiger partial charge in [-0.1, -0.05) is 23.3 Å². The number of nitrogens with zero attached hydrogens (tertiary/aromatic N) is 6. The van der Waals surface area contributed by atoms with Gasteiger partial charge in [-0.3, -0.25) is 0 Å². The lowest BCUT2D eigenvalue weighted by Crippen LogP contribution is -2.13. The van der Waals surface area contributed by atoms with Crippen molar-refractivity contribution in [2.45, 2.75) is 18.9 Å². The molecule has 0 atom stereocenters. The molecule has 0 unspecified atom stereocenters. The predicted octanol–water partition coefficient (Wildman–Crippen LogP) is 3.59. The fourth-order valence-corrected chi connectivity index (χ4v) is 3.27. The van der Waals surface area contributed by atoms with Crippen molar-refractivity contribution in [1.29, 1.82) is 5.26 Å². The van der Waals surface area contributed by atoms with E-state index in [4.69, 9.17) is 27.6 Å². The largest absolute Gasteiger partial charge is 0.382 e. The molecule has 1 saturated carbocycles. The molecule has 3 aromatic rings. The molecule has 170 valence electrons. The molecule has 1 aliphatic carbocycles. The summed E-state index contributed by atoms with van der Waals surface area (Å²) in [6.07, 6.45) is 3.56. The summed E-state index contributed by atoms with van der Waals surface area (Å²) < 4.78 is 11.8. The van der Waals surface area contributed by atoms with E-state index in [2.05, 4.69) is 41.9 Å². The van der Waals surface area contributed by atoms with Crippen LogP contribution in [0.2, 0.25) is 5.02 Å². The van der Waals surface area contributed by atoms with Crippen molar-refractivity contribution in [1.82, 2.24) is 19.6 Å². The number of nitriles is 1. The van der Waals surface area contributed by atoms with Crippen molar-refractivity contribution in [3.05, 3.63) is 40.3 Å². The maximum Gasteiger partial charge on any atom is 0.275 e. The number of aromatic nitrogens is 4. The van der Waals surface area contributed by atoms with Crippen LogP contribution in [-0.4, -0.2) is 59.1 Å². The third kappa shape index (κ3) is 5.41. The van der Waals surface area contributed by atoms with E-state index in [-0.39, 0.29) is 11.8 Å². The Bertz CT molecular complexity index is 1230. The number of imidazole rings is 1. The van der Waals surface area contributed by atoms with Gasteiger partial charge in [0.1, 0.15) is 0 Å². The van der Waals surface area contributed by atoms with Crippen molar-refractivity contribution >= 4 is 46.2 Å². The average molecular weight is 468 g/mol. The number of ether oxygens (including phenoxy) is 2. The van der Waals surface area contributed by atoms with Crippen LogP contribution in [0.3, 0.4) is 0 Å². The van der Waals surface area contributed by atoms with Crippen molar-refractivity contribution in [3.8, 4) is 6.07 Å². The second-order valence-corrected chi connectivity index (χ2v) is 7.70. The number of nitrogens with one attached hydrogen (secondary N) is 3. The Morgan fingerprint density at radius 2 is 2.12 bits per heavy atom. The minimum absolute atomic E-state index is 0.222. The van der Waals surface area contributed by atoms with Crippen LogP contribution in [0.25, 0.3) is 10.5 Å². The highest BCUT2D eigenvalue weighted by atomic mass is 35.5. The molecular weight excluding hydrogens is 446 g/mol. The quantitative estimate of drug-likeness (QED) is 0.286. The molecule has 0 saturated heterocycles. The van der Waals surface area contributed by atoms with Crippen molar-refractivity contribution in [2.75, 3.05) is 49.4 Å². The Kier molecular flexibility index (Phi) is 7.05. The molecule has 1 aromatic carbocycles. The molecule has 0 amide bonds. The van der Waals surface area contributed by atoms with Crippen LogP contribution in [0.1, 0.15) is 18.4 Å². The van der Waals surface area contributed by atoms with Gasteiger partial charge in [-0.25, -0.2) is 4.98 Å². The number of fused-ring (bicyclic) bond motifs is 1. The van der Waals surface area contributed by atoms with Crippen LogP contribution in [0.5, 0.6) is 0 Å². The highest BCUT2D eigenvalue weighted by molar-refractivity contribution is 6.36. The molecule has 0 spiro atoms. The normalized spacial score (nSPS) is 12.8. The van der Waals surface area contributed by atoms with Gasteiger partial charge in [-0.15, -0.1) is 4.52 Å². The smallest absolute Gasteiger partial charge is 0.275 e. The van der Waals surface area contributed by atoms with Crippen molar-refractivity contribution < 1.29 is 9.47 Å². The van der Waals surface area contributed by atoms with Gasteiger partial charge in [0.05, 0.1) is 54.0 Å². The topological polar surface area (TPSA) is 126 Å². The molecule has 0 aliphatic heterocycles. The van der Waals surface area contributed by atoms with E-state index in [1.807, 2.05) is 0 Å². The zero-order chi connectivity index (χ0) is 23.2. The second kappa shape index (κ2) is 10.3. The fourth-order valence-electron chi connectivity index (χ4n) is 3.05. The zero-order valence-corrected chi connectivity index (χ0v) is 18.7. The SMILES string of the molecule is [C-]#[N+]c1cnc2c(NC3CC3)nc(Nc3cc(C#N)cc(NCCOCCOC)c3Cl)nn12. The molecular formula is C21H22ClN9O2. The second-order valence-electron chi connectivity index (χ2n) is 7.32. The van der Waals surface area contributed by atoms with E-state index in [0.717, 1.165) is 12.8 Å². The maximum atomic E-state index is 9.47. The molecule has 2 aromatic heterocycles. The predicted molar refractivity (Wildman–Crippen MR) is 124 cm³/mol. The Balaban J connectivity index is 1.59. The minimum Gasteiger partial charge on any atom is -0.382 e. The highest BCUT2D eigenvalue weighted by Gasteiger charge is 2.25. The maximum absolute atomic E-state index is 9.47. The summed E-state index contributed by atoms with van der Waals surface area (Å²) in [5.41, 5.74) is 1.92. The first-order valence-corrected chi connectivity index (χ1v) is 10.7. The first-order chi connectivity index (χ1) is 16.1. The number of hydrogen-bond donors (Lipinski definition) is 3. The number of hydrogen-bond acceptors (Lipinski definition) is 9. The van der Waals surface area contributed by atoms with Crippen molar-refractivity contribution in [2.24, 2.45) is 0 Å². The lowest BCUT2D eigenvalue weighted by Gasteiger charge is -2.14. The summed E-state index contributed by atoms with van der Waals surface area (Å²) in [4.78, 5) is 12.3. The Morgan fingerprint density at radius 1 is 1.30 bits per heavy atom. The summed E-state index contributed by atoms with van der Waals surface area (Å²) in [5.74, 6) is 1.02. The fraction of sp³-hybridized carbons (Fsp3) is 0.381. The molecule has 0 bridgehead atoms. The van der Waals surface area contributed by atoms with Gasteiger partial charge in [0.25, 0.3) is 17.4 Å². The molecule has 3 N–H and O–H groups in total. The molecule has 1 aliphatic rings. The first-order valence-electron chi connectivity index (χ1n) is 10.3. The van der Waals surface area contributed by atoms with Gasteiger partial charge in [0.15, 0.2) is 5.82 Å². The summed E-state index contributed by atoms with van der Waals surface area (Å²) >= 11 is 6.61. The van der Waals surface area contributed by atoms with E-state index in [0.29, 0.717) is 65.8 Å². The third-order valence-electron chi connectivity index (χ3n) is 4.82. The summed E-state index contributed by atoms with van der Waals surface area (Å²) in [6, 6.07) is 5.75. The molecule has 12 heteroatoms. The van der Waals surface area contributed by atoms with Crippen molar-refractivity contribution in [3.63, 3.8) is 0 Å². The van der Waals surface area contributed by atoms with Crippen LogP contribution in [-0.2, 0) is 9.47 Å². The number of anilines is 4. The summed E-state index contributed by atoms with van der Waals surface area (Å²) in [6.45, 7) is 9.34. The number of benzene rings is 1. The lowest BCUT2D eigenvalue weighted by molar-refractivity contribution is 0.0759. The molecule has 0 radical (unpaired) electrons. The monoisotopic (exact) mass is 467 g/mol. The Labute approximate surface area is 195 Å². The van der Waals surface area contributed by atoms with Gasteiger partial charge in [-0.2, -0.15) is 10.2 Å². The van der Waals surface area contributed by atoms with E-state index in [1.165, 1.54) is 10.7 Å². The molecule has 4 rings (SSSR count). The minimum atomic E-state index is 0.222. The van der Waals surface area contributed by atoms with E-state index in [9.17, 15) is 5.26 Å². The van der Waals surface area contributed by atoms with Crippen LogP contribution in [0.15, 0.2) is 18.3 Å².